The molecule has 0 saturated carbocycles. The van der Waals surface area contributed by atoms with Gasteiger partial charge in [-0.05, 0) is 12.1 Å². The number of hydrogen-bond donors (Lipinski definition) is 1. The molecule has 1 aliphatic rings. The minimum absolute atomic E-state index is 0.0806. The Balaban J connectivity index is 1.51. The first kappa shape index (κ1) is 19.7. The van der Waals surface area contributed by atoms with Crippen LogP contribution < -0.4 is 24.3 Å². The highest BCUT2D eigenvalue weighted by atomic mass is 32.2. The van der Waals surface area contributed by atoms with Crippen molar-refractivity contribution in [2.45, 2.75) is 5.03 Å². The normalized spacial score (nSPS) is 11.8. The van der Waals surface area contributed by atoms with Gasteiger partial charge in [-0.25, -0.2) is 4.98 Å². The number of fused-ring (bicyclic) bond motifs is 2. The Hall–Kier alpha value is -3.64. The maximum absolute atomic E-state index is 12.4. The number of nitrogens with one attached hydrogen (secondary N) is 1. The van der Waals surface area contributed by atoms with Gasteiger partial charge in [0.25, 0.3) is 0 Å². The Morgan fingerprint density at radius 1 is 1.13 bits per heavy atom. The molecule has 1 amide bonds. The van der Waals surface area contributed by atoms with E-state index in [1.165, 1.54) is 26.0 Å². The van der Waals surface area contributed by atoms with Crippen molar-refractivity contribution in [3.63, 3.8) is 0 Å². The van der Waals surface area contributed by atoms with Gasteiger partial charge in [0.2, 0.25) is 12.7 Å². The lowest BCUT2D eigenvalue weighted by Gasteiger charge is -2.10. The summed E-state index contributed by atoms with van der Waals surface area (Å²) in [6.07, 6.45) is 0. The molecule has 1 aliphatic heterocycles. The summed E-state index contributed by atoms with van der Waals surface area (Å²) >= 11 is 1.19. The van der Waals surface area contributed by atoms with Gasteiger partial charge in [0.15, 0.2) is 11.5 Å². The fraction of sp³-hybridized carbons (Fsp3) is 0.190. The third-order valence-corrected chi connectivity index (χ3v) is 5.36. The maximum atomic E-state index is 12.4. The summed E-state index contributed by atoms with van der Waals surface area (Å²) in [6, 6.07) is 12.5. The third-order valence-electron chi connectivity index (χ3n) is 4.37. The van der Waals surface area contributed by atoms with Crippen LogP contribution in [0.25, 0.3) is 10.9 Å². The van der Waals surface area contributed by atoms with E-state index in [2.05, 4.69) is 16.4 Å². The number of carbonyl (C=O) groups is 1. The van der Waals surface area contributed by atoms with Gasteiger partial charge < -0.3 is 24.3 Å². The van der Waals surface area contributed by atoms with Crippen LogP contribution in [0.5, 0.6) is 23.0 Å². The summed E-state index contributed by atoms with van der Waals surface area (Å²) < 4.78 is 21.2. The predicted molar refractivity (Wildman–Crippen MR) is 111 cm³/mol. The van der Waals surface area contributed by atoms with Crippen molar-refractivity contribution in [2.24, 2.45) is 0 Å². The summed E-state index contributed by atoms with van der Waals surface area (Å²) in [6.45, 7) is 0.160. The van der Waals surface area contributed by atoms with E-state index in [4.69, 9.17) is 18.9 Å². The van der Waals surface area contributed by atoms with Gasteiger partial charge in [0, 0.05) is 35.3 Å². The zero-order chi connectivity index (χ0) is 21.1. The van der Waals surface area contributed by atoms with Crippen LogP contribution in [-0.4, -0.2) is 37.7 Å². The van der Waals surface area contributed by atoms with E-state index in [0.717, 1.165) is 5.39 Å². The summed E-state index contributed by atoms with van der Waals surface area (Å²) in [5, 5.41) is 13.5. The largest absolute Gasteiger partial charge is 0.497 e. The predicted octanol–water partition coefficient (Wildman–Crippen LogP) is 3.58. The number of pyridine rings is 1. The molecule has 0 unspecified atom stereocenters. The fourth-order valence-electron chi connectivity index (χ4n) is 2.95. The van der Waals surface area contributed by atoms with Crippen molar-refractivity contribution >= 4 is 34.3 Å². The topological polar surface area (TPSA) is 103 Å². The van der Waals surface area contributed by atoms with Gasteiger partial charge in [-0.2, -0.15) is 5.26 Å². The first-order chi connectivity index (χ1) is 14.6. The average Bonchev–Trinajstić information content (AvgIpc) is 3.22. The minimum Gasteiger partial charge on any atom is -0.497 e. The molecule has 4 rings (SSSR count). The Morgan fingerprint density at radius 2 is 1.83 bits per heavy atom. The molecule has 3 aromatic rings. The minimum atomic E-state index is -0.244. The number of benzene rings is 2. The number of carbonyl (C=O) groups excluding carboxylic acids is 1. The van der Waals surface area contributed by atoms with Gasteiger partial charge in [-0.15, -0.1) is 0 Å². The summed E-state index contributed by atoms with van der Waals surface area (Å²) in [4.78, 5) is 17.0. The second-order valence-electron chi connectivity index (χ2n) is 6.29. The molecular formula is C21H17N3O5S. The Morgan fingerprint density at radius 3 is 2.50 bits per heavy atom. The highest BCUT2D eigenvalue weighted by Gasteiger charge is 2.17. The second-order valence-corrected chi connectivity index (χ2v) is 7.25. The Labute approximate surface area is 176 Å². The van der Waals surface area contributed by atoms with Crippen LogP contribution >= 0.6 is 11.8 Å². The Kier molecular flexibility index (Phi) is 5.50. The molecule has 0 radical (unpaired) electrons. The van der Waals surface area contributed by atoms with Crippen molar-refractivity contribution < 1.29 is 23.7 Å². The standard InChI is InChI=1S/C21H17N3O5S/c1-26-15-5-14(6-16(7-15)27-2)23-20(25)10-30-21-13(9-22)3-12-4-18-19(29-11-28-18)8-17(12)24-21/h3-8H,10-11H2,1-2H3,(H,23,25). The molecule has 1 aromatic heterocycles. The van der Waals surface area contributed by atoms with Gasteiger partial charge in [-0.3, -0.25) is 4.79 Å². The monoisotopic (exact) mass is 423 g/mol. The van der Waals surface area contributed by atoms with E-state index in [1.807, 2.05) is 0 Å². The van der Waals surface area contributed by atoms with E-state index >= 15 is 0 Å². The van der Waals surface area contributed by atoms with Crippen molar-refractivity contribution in [3.05, 3.63) is 42.0 Å². The molecular weight excluding hydrogens is 406 g/mol. The first-order valence-electron chi connectivity index (χ1n) is 8.90. The van der Waals surface area contributed by atoms with Crippen LogP contribution in [0, 0.1) is 11.3 Å². The summed E-state index contributed by atoms with van der Waals surface area (Å²) in [5.74, 6) is 2.21. The fourth-order valence-corrected chi connectivity index (χ4v) is 3.71. The van der Waals surface area contributed by atoms with Crippen molar-refractivity contribution in [1.82, 2.24) is 4.98 Å². The number of thioether (sulfide) groups is 1. The van der Waals surface area contributed by atoms with Gasteiger partial charge in [0.1, 0.15) is 22.6 Å². The van der Waals surface area contributed by atoms with Gasteiger partial charge in [0.05, 0.1) is 31.1 Å². The van der Waals surface area contributed by atoms with Crippen LogP contribution in [0.2, 0.25) is 0 Å². The molecule has 9 heteroatoms. The van der Waals surface area contributed by atoms with Crippen LogP contribution in [0.1, 0.15) is 5.56 Å². The highest BCUT2D eigenvalue weighted by Crippen LogP contribution is 2.37. The maximum Gasteiger partial charge on any atom is 0.234 e. The average molecular weight is 423 g/mol. The highest BCUT2D eigenvalue weighted by molar-refractivity contribution is 8.00. The molecule has 0 spiro atoms. The van der Waals surface area contributed by atoms with Crippen molar-refractivity contribution in [2.75, 3.05) is 32.1 Å². The number of hydrogen-bond acceptors (Lipinski definition) is 8. The lowest BCUT2D eigenvalue weighted by molar-refractivity contribution is -0.113. The van der Waals surface area contributed by atoms with E-state index in [0.29, 0.717) is 44.8 Å². The lowest BCUT2D eigenvalue weighted by Crippen LogP contribution is -2.14. The van der Waals surface area contributed by atoms with Crippen LogP contribution in [0.4, 0.5) is 5.69 Å². The van der Waals surface area contributed by atoms with Crippen LogP contribution in [0.15, 0.2) is 41.4 Å². The number of methoxy groups -OCH3 is 2. The zero-order valence-corrected chi connectivity index (χ0v) is 17.0. The van der Waals surface area contributed by atoms with Gasteiger partial charge >= 0.3 is 0 Å². The second kappa shape index (κ2) is 8.39. The van der Waals surface area contributed by atoms with E-state index in [1.54, 1.807) is 36.4 Å². The van der Waals surface area contributed by atoms with Gasteiger partial charge in [-0.1, -0.05) is 11.8 Å². The van der Waals surface area contributed by atoms with Crippen molar-refractivity contribution in [3.8, 4) is 29.1 Å². The van der Waals surface area contributed by atoms with E-state index in [9.17, 15) is 10.1 Å². The molecule has 30 heavy (non-hydrogen) atoms. The summed E-state index contributed by atoms with van der Waals surface area (Å²) in [5.41, 5.74) is 1.61. The molecule has 1 N–H and O–H groups in total. The first-order valence-corrected chi connectivity index (χ1v) is 9.88. The number of rotatable bonds is 6. The number of aromatic nitrogens is 1. The number of amides is 1. The number of nitrogens with zero attached hydrogens (tertiary/aromatic N) is 2. The molecule has 0 aliphatic carbocycles. The number of nitriles is 1. The smallest absolute Gasteiger partial charge is 0.234 e. The molecule has 152 valence electrons. The van der Waals surface area contributed by atoms with E-state index < -0.39 is 0 Å². The van der Waals surface area contributed by atoms with Crippen molar-refractivity contribution in [1.29, 1.82) is 5.26 Å². The number of ether oxygens (including phenoxy) is 4. The number of anilines is 1. The molecule has 8 nitrogen and oxygen atoms in total. The van der Waals surface area contributed by atoms with E-state index in [-0.39, 0.29) is 18.5 Å². The van der Waals surface area contributed by atoms with Crippen LogP contribution in [0.3, 0.4) is 0 Å². The third kappa shape index (κ3) is 4.04. The molecule has 2 aromatic carbocycles. The molecule has 0 fully saturated rings. The van der Waals surface area contributed by atoms with Crippen LogP contribution in [-0.2, 0) is 4.79 Å². The molecule has 2 heterocycles. The summed E-state index contributed by atoms with van der Waals surface area (Å²) in [7, 11) is 3.08. The molecule has 0 saturated heterocycles. The zero-order valence-electron chi connectivity index (χ0n) is 16.2. The SMILES string of the molecule is COc1cc(NC(=O)CSc2nc3cc4c(cc3cc2C#N)OCO4)cc(OC)c1. The molecule has 0 bridgehead atoms. The Bertz CT molecular complexity index is 1150. The molecule has 0 atom stereocenters. The lowest BCUT2D eigenvalue weighted by atomic mass is 10.1. The quantitative estimate of drug-likeness (QED) is 0.600.